The zero-order chi connectivity index (χ0) is 28.7. The van der Waals surface area contributed by atoms with Gasteiger partial charge in [0.2, 0.25) is 0 Å². The van der Waals surface area contributed by atoms with Crippen LogP contribution in [-0.4, -0.2) is 62.9 Å². The van der Waals surface area contributed by atoms with Crippen LogP contribution in [0.1, 0.15) is 29.0 Å². The third kappa shape index (κ3) is 5.44. The van der Waals surface area contributed by atoms with Crippen molar-refractivity contribution in [1.29, 1.82) is 5.26 Å². The number of halogens is 4. The Morgan fingerprint density at radius 1 is 1.20 bits per heavy atom. The highest BCUT2D eigenvalue weighted by atomic mass is 35.5. The van der Waals surface area contributed by atoms with Gasteiger partial charge in [0.1, 0.15) is 18.4 Å². The molecular weight excluding hydrogens is 555 g/mol. The van der Waals surface area contributed by atoms with E-state index in [2.05, 4.69) is 31.6 Å². The molecule has 1 unspecified atom stereocenters. The van der Waals surface area contributed by atoms with Gasteiger partial charge in [0.05, 0.1) is 18.2 Å². The zero-order valence-corrected chi connectivity index (χ0v) is 21.1. The summed E-state index contributed by atoms with van der Waals surface area (Å²) < 4.78 is 42.1. The SMILES string of the molecule is N#CC1(NC(=O)c2cccnc2-n2cnc(Cn3nc(-c4ccc(Cl)cc4)n(CC(O)C(F)(F)F)c3=O)n2)CC1. The smallest absolute Gasteiger partial charge is 0.382 e. The molecule has 5 rings (SSSR count). The first-order chi connectivity index (χ1) is 19.0. The van der Waals surface area contributed by atoms with Gasteiger partial charge >= 0.3 is 11.9 Å². The fourth-order valence-electron chi connectivity index (χ4n) is 3.83. The maximum absolute atomic E-state index is 13.1. The summed E-state index contributed by atoms with van der Waals surface area (Å²) in [4.78, 5) is 34.2. The molecule has 1 atom stereocenters. The first-order valence-electron chi connectivity index (χ1n) is 11.8. The predicted molar refractivity (Wildman–Crippen MR) is 132 cm³/mol. The van der Waals surface area contributed by atoms with Gasteiger partial charge in [-0.25, -0.2) is 24.1 Å². The standard InChI is InChI=1S/C24H19ClF3N9O3/c25-15-5-3-14(4-6-15)19-34-36(22(40)35(19)10-17(38)24(26,27)28)11-18-31-13-37(33-18)20-16(2-1-9-30-20)21(39)32-23(12-29)7-8-23/h1-6,9,13,17,38H,7-8,10-11H2,(H,32,39). The summed E-state index contributed by atoms with van der Waals surface area (Å²) in [5, 5.41) is 30.4. The summed E-state index contributed by atoms with van der Waals surface area (Å²) in [6.45, 7) is -1.42. The largest absolute Gasteiger partial charge is 0.416 e. The van der Waals surface area contributed by atoms with Crippen LogP contribution in [0.2, 0.25) is 5.02 Å². The predicted octanol–water partition coefficient (Wildman–Crippen LogP) is 2.10. The van der Waals surface area contributed by atoms with Crippen LogP contribution in [0.4, 0.5) is 13.2 Å². The van der Waals surface area contributed by atoms with Gasteiger partial charge in [-0.3, -0.25) is 9.36 Å². The number of aromatic nitrogens is 7. The van der Waals surface area contributed by atoms with E-state index in [9.17, 15) is 33.1 Å². The molecular formula is C24H19ClF3N9O3. The Morgan fingerprint density at radius 3 is 2.58 bits per heavy atom. The van der Waals surface area contributed by atoms with Crippen molar-refractivity contribution in [3.63, 3.8) is 0 Å². The number of pyridine rings is 1. The number of benzene rings is 1. The van der Waals surface area contributed by atoms with Gasteiger partial charge in [0, 0.05) is 16.8 Å². The van der Waals surface area contributed by atoms with E-state index in [0.29, 0.717) is 28.0 Å². The quantitative estimate of drug-likeness (QED) is 0.324. The molecule has 0 radical (unpaired) electrons. The van der Waals surface area contributed by atoms with Crippen LogP contribution < -0.4 is 11.0 Å². The van der Waals surface area contributed by atoms with E-state index in [-0.39, 0.29) is 29.6 Å². The Hall–Kier alpha value is -4.55. The number of aliphatic hydroxyl groups excluding tert-OH is 1. The summed E-state index contributed by atoms with van der Waals surface area (Å²) in [5.41, 5.74) is -1.41. The van der Waals surface area contributed by atoms with Gasteiger partial charge in [-0.1, -0.05) is 11.6 Å². The van der Waals surface area contributed by atoms with Crippen LogP contribution in [0.15, 0.2) is 53.7 Å². The summed E-state index contributed by atoms with van der Waals surface area (Å²) in [6.07, 6.45) is -4.01. The van der Waals surface area contributed by atoms with Crippen LogP contribution >= 0.6 is 11.6 Å². The van der Waals surface area contributed by atoms with Crippen LogP contribution in [0.25, 0.3) is 17.2 Å². The van der Waals surface area contributed by atoms with Gasteiger partial charge < -0.3 is 10.4 Å². The molecule has 1 saturated carbocycles. The minimum atomic E-state index is -4.96. The Balaban J connectivity index is 1.45. The van der Waals surface area contributed by atoms with Crippen molar-refractivity contribution >= 4 is 17.5 Å². The van der Waals surface area contributed by atoms with Crippen molar-refractivity contribution < 1.29 is 23.1 Å². The number of alkyl halides is 3. The molecule has 0 spiro atoms. The molecule has 12 nitrogen and oxygen atoms in total. The Kier molecular flexibility index (Phi) is 6.90. The third-order valence-electron chi connectivity index (χ3n) is 6.15. The molecule has 0 aliphatic heterocycles. The number of nitrogens with one attached hydrogen (secondary N) is 1. The van der Waals surface area contributed by atoms with Crippen molar-refractivity contribution in [1.82, 2.24) is 39.4 Å². The lowest BCUT2D eigenvalue weighted by molar-refractivity contribution is -0.207. The molecule has 16 heteroatoms. The lowest BCUT2D eigenvalue weighted by atomic mass is 10.2. The monoisotopic (exact) mass is 573 g/mol. The number of nitrogens with zero attached hydrogens (tertiary/aromatic N) is 8. The molecule has 2 N–H and O–H groups in total. The van der Waals surface area contributed by atoms with E-state index in [0.717, 1.165) is 4.68 Å². The van der Waals surface area contributed by atoms with E-state index in [1.807, 2.05) is 0 Å². The molecule has 0 bridgehead atoms. The third-order valence-corrected chi connectivity index (χ3v) is 6.41. The number of hydrogen-bond acceptors (Lipinski definition) is 8. The Morgan fingerprint density at radius 2 is 1.93 bits per heavy atom. The highest BCUT2D eigenvalue weighted by molar-refractivity contribution is 6.30. The number of aliphatic hydroxyl groups is 1. The van der Waals surface area contributed by atoms with Crippen LogP contribution in [0.3, 0.4) is 0 Å². The van der Waals surface area contributed by atoms with Crippen molar-refractivity contribution in [2.24, 2.45) is 0 Å². The fourth-order valence-corrected chi connectivity index (χ4v) is 3.96. The van der Waals surface area contributed by atoms with Crippen molar-refractivity contribution in [2.45, 2.75) is 43.8 Å². The number of carbonyl (C=O) groups is 1. The average molecular weight is 574 g/mol. The van der Waals surface area contributed by atoms with Gasteiger partial charge in [0.25, 0.3) is 5.91 Å². The van der Waals surface area contributed by atoms with E-state index in [4.69, 9.17) is 11.6 Å². The maximum Gasteiger partial charge on any atom is 0.416 e. The molecule has 206 valence electrons. The molecule has 40 heavy (non-hydrogen) atoms. The van der Waals surface area contributed by atoms with Gasteiger partial charge in [-0.05, 0) is 49.2 Å². The van der Waals surface area contributed by atoms with Crippen molar-refractivity contribution in [3.05, 3.63) is 75.8 Å². The molecule has 1 aliphatic carbocycles. The number of nitriles is 1. The second-order valence-corrected chi connectivity index (χ2v) is 9.50. The molecule has 1 aliphatic rings. The summed E-state index contributed by atoms with van der Waals surface area (Å²) in [6, 6.07) is 11.0. The lowest BCUT2D eigenvalue weighted by Gasteiger charge is -2.15. The highest BCUT2D eigenvalue weighted by Crippen LogP contribution is 2.34. The molecule has 4 aromatic rings. The molecule has 3 aromatic heterocycles. The summed E-state index contributed by atoms with van der Waals surface area (Å²) in [7, 11) is 0. The van der Waals surface area contributed by atoms with E-state index in [1.165, 1.54) is 47.5 Å². The van der Waals surface area contributed by atoms with Crippen molar-refractivity contribution in [2.75, 3.05) is 0 Å². The van der Waals surface area contributed by atoms with Crippen molar-refractivity contribution in [3.8, 4) is 23.3 Å². The fraction of sp³-hybridized carbons (Fsp3) is 0.292. The minimum Gasteiger partial charge on any atom is -0.382 e. The van der Waals surface area contributed by atoms with Crippen LogP contribution in [0, 0.1) is 11.3 Å². The normalized spacial score (nSPS) is 14.9. The molecule has 1 aromatic carbocycles. The average Bonchev–Trinajstić information content (AvgIpc) is 3.43. The molecule has 1 amide bonds. The molecule has 1 fully saturated rings. The van der Waals surface area contributed by atoms with Gasteiger partial charge in [0.15, 0.2) is 23.6 Å². The summed E-state index contributed by atoms with van der Waals surface area (Å²) >= 11 is 5.91. The van der Waals surface area contributed by atoms with E-state index < -0.39 is 36.0 Å². The second-order valence-electron chi connectivity index (χ2n) is 9.07. The minimum absolute atomic E-state index is 0.0403. The number of carbonyl (C=O) groups excluding carboxylic acids is 1. The second kappa shape index (κ2) is 10.2. The first kappa shape index (κ1) is 27.0. The highest BCUT2D eigenvalue weighted by Gasteiger charge is 2.45. The number of hydrogen-bond donors (Lipinski definition) is 2. The van der Waals surface area contributed by atoms with Gasteiger partial charge in [-0.2, -0.15) is 18.4 Å². The first-order valence-corrected chi connectivity index (χ1v) is 12.2. The lowest BCUT2D eigenvalue weighted by Crippen LogP contribution is -2.37. The van der Waals surface area contributed by atoms with Crippen LogP contribution in [0.5, 0.6) is 0 Å². The number of amides is 1. The molecule has 0 saturated heterocycles. The van der Waals surface area contributed by atoms with E-state index in [1.54, 1.807) is 6.07 Å². The van der Waals surface area contributed by atoms with Gasteiger partial charge in [-0.15, -0.1) is 10.2 Å². The van der Waals surface area contributed by atoms with E-state index >= 15 is 0 Å². The number of rotatable bonds is 8. The Bertz CT molecular complexity index is 1670. The summed E-state index contributed by atoms with van der Waals surface area (Å²) in [5.74, 6) is -0.497. The Labute approximate surface area is 228 Å². The molecule has 3 heterocycles. The maximum atomic E-state index is 13.1. The van der Waals surface area contributed by atoms with Crippen LogP contribution in [-0.2, 0) is 13.1 Å². The topological polar surface area (TPSA) is 157 Å². The zero-order valence-electron chi connectivity index (χ0n) is 20.4.